The Balaban J connectivity index is 1.33. The monoisotopic (exact) mass is 372 g/mol. The molecule has 0 spiro atoms. The predicted molar refractivity (Wildman–Crippen MR) is 97.2 cm³/mol. The van der Waals surface area contributed by atoms with Crippen molar-refractivity contribution in [2.24, 2.45) is 5.92 Å². The number of carbonyl (C=O) groups excluding carboxylic acids is 2. The number of nitrogens with one attached hydrogen (secondary N) is 2. The van der Waals surface area contributed by atoms with Crippen LogP contribution < -0.4 is 20.1 Å². The van der Waals surface area contributed by atoms with E-state index in [1.54, 1.807) is 11.3 Å². The molecule has 6 nitrogen and oxygen atoms in total. The third kappa shape index (κ3) is 3.53. The summed E-state index contributed by atoms with van der Waals surface area (Å²) in [5, 5.41) is 7.82. The number of amides is 2. The van der Waals surface area contributed by atoms with Crippen molar-refractivity contribution in [3.63, 3.8) is 0 Å². The van der Waals surface area contributed by atoms with E-state index in [2.05, 4.69) is 10.6 Å². The Morgan fingerprint density at radius 3 is 2.81 bits per heavy atom. The first kappa shape index (κ1) is 16.9. The molecule has 136 valence electrons. The van der Waals surface area contributed by atoms with Crippen molar-refractivity contribution in [1.29, 1.82) is 0 Å². The lowest BCUT2D eigenvalue weighted by molar-refractivity contribution is -0.137. The first-order chi connectivity index (χ1) is 12.7. The molecule has 2 aliphatic rings. The number of thiophene rings is 1. The molecule has 2 unspecified atom stereocenters. The van der Waals surface area contributed by atoms with Crippen LogP contribution in [0.2, 0.25) is 0 Å². The summed E-state index contributed by atoms with van der Waals surface area (Å²) in [5.74, 6) is 0.342. The van der Waals surface area contributed by atoms with Crippen LogP contribution in [-0.2, 0) is 16.1 Å². The van der Waals surface area contributed by atoms with E-state index in [9.17, 15) is 9.59 Å². The minimum atomic E-state index is -0.636. The molecule has 4 rings (SSSR count). The van der Waals surface area contributed by atoms with Gasteiger partial charge in [-0.1, -0.05) is 12.1 Å². The number of ether oxygens (including phenoxy) is 2. The van der Waals surface area contributed by atoms with Crippen molar-refractivity contribution in [3.8, 4) is 11.5 Å². The SMILES string of the molecule is O=C(NCc1ccc2c(c1)OCCO2)C1CCC(c2cccs2)NC1=O. The molecule has 2 aliphatic heterocycles. The van der Waals surface area contributed by atoms with Crippen molar-refractivity contribution >= 4 is 23.2 Å². The summed E-state index contributed by atoms with van der Waals surface area (Å²) < 4.78 is 11.0. The van der Waals surface area contributed by atoms with Gasteiger partial charge in [-0.3, -0.25) is 9.59 Å². The van der Waals surface area contributed by atoms with E-state index in [-0.39, 0.29) is 17.9 Å². The fraction of sp³-hybridized carbons (Fsp3) is 0.368. The molecule has 0 bridgehead atoms. The van der Waals surface area contributed by atoms with Gasteiger partial charge >= 0.3 is 0 Å². The van der Waals surface area contributed by atoms with Gasteiger partial charge in [0.25, 0.3) is 0 Å². The molecule has 2 N–H and O–H groups in total. The normalized spacial score (nSPS) is 21.8. The minimum Gasteiger partial charge on any atom is -0.486 e. The topological polar surface area (TPSA) is 76.7 Å². The van der Waals surface area contributed by atoms with Crippen LogP contribution in [0.5, 0.6) is 11.5 Å². The molecule has 2 atom stereocenters. The van der Waals surface area contributed by atoms with Crippen LogP contribution >= 0.6 is 11.3 Å². The number of hydrogen-bond acceptors (Lipinski definition) is 5. The second-order valence-electron chi connectivity index (χ2n) is 6.40. The number of piperidine rings is 1. The van der Waals surface area contributed by atoms with Crippen LogP contribution in [0, 0.1) is 5.92 Å². The molecule has 1 aromatic heterocycles. The minimum absolute atomic E-state index is 0.0179. The van der Waals surface area contributed by atoms with Gasteiger partial charge in [0.05, 0.1) is 6.04 Å². The van der Waals surface area contributed by atoms with E-state index >= 15 is 0 Å². The zero-order chi connectivity index (χ0) is 17.9. The van der Waals surface area contributed by atoms with E-state index in [4.69, 9.17) is 9.47 Å². The zero-order valence-corrected chi connectivity index (χ0v) is 15.0. The smallest absolute Gasteiger partial charge is 0.233 e. The lowest BCUT2D eigenvalue weighted by Gasteiger charge is -2.28. The van der Waals surface area contributed by atoms with Crippen LogP contribution in [-0.4, -0.2) is 25.0 Å². The Labute approximate surface area is 155 Å². The van der Waals surface area contributed by atoms with Crippen LogP contribution in [0.25, 0.3) is 0 Å². The number of fused-ring (bicyclic) bond motifs is 1. The van der Waals surface area contributed by atoms with Crippen molar-refractivity contribution in [1.82, 2.24) is 10.6 Å². The Morgan fingerprint density at radius 1 is 1.19 bits per heavy atom. The van der Waals surface area contributed by atoms with E-state index in [0.29, 0.717) is 31.9 Å². The third-order valence-corrected chi connectivity index (χ3v) is 5.64. The summed E-state index contributed by atoms with van der Waals surface area (Å²) in [5.41, 5.74) is 0.912. The molecular weight excluding hydrogens is 352 g/mol. The zero-order valence-electron chi connectivity index (χ0n) is 14.2. The molecule has 0 saturated carbocycles. The molecule has 0 radical (unpaired) electrons. The van der Waals surface area contributed by atoms with Gasteiger partial charge < -0.3 is 20.1 Å². The first-order valence-corrected chi connectivity index (χ1v) is 9.59. The Bertz CT molecular complexity index is 806. The van der Waals surface area contributed by atoms with E-state index in [1.165, 1.54) is 0 Å². The maximum atomic E-state index is 12.4. The molecule has 2 amide bonds. The fourth-order valence-electron chi connectivity index (χ4n) is 3.27. The molecule has 3 heterocycles. The molecule has 2 aromatic rings. The van der Waals surface area contributed by atoms with Gasteiger partial charge in [0.15, 0.2) is 11.5 Å². The highest BCUT2D eigenvalue weighted by Gasteiger charge is 2.33. The predicted octanol–water partition coefficient (Wildman–Crippen LogP) is 2.40. The standard InChI is InChI=1S/C19H20N2O4S/c22-18(13-4-5-14(21-19(13)23)17-2-1-9-26-17)20-11-12-3-6-15-16(10-12)25-8-7-24-15/h1-3,6,9-10,13-14H,4-5,7-8,11H2,(H,20,22)(H,21,23). The van der Waals surface area contributed by atoms with Gasteiger partial charge in [-0.25, -0.2) is 0 Å². The van der Waals surface area contributed by atoms with Crippen LogP contribution in [0.15, 0.2) is 35.7 Å². The van der Waals surface area contributed by atoms with Crippen LogP contribution in [0.3, 0.4) is 0 Å². The molecule has 0 aliphatic carbocycles. The maximum Gasteiger partial charge on any atom is 0.233 e. The molecule has 1 fully saturated rings. The molecule has 26 heavy (non-hydrogen) atoms. The van der Waals surface area contributed by atoms with Crippen LogP contribution in [0.4, 0.5) is 0 Å². The van der Waals surface area contributed by atoms with Crippen molar-refractivity contribution in [3.05, 3.63) is 46.2 Å². The number of benzene rings is 1. The summed E-state index contributed by atoms with van der Waals surface area (Å²) >= 11 is 1.62. The van der Waals surface area contributed by atoms with E-state index in [0.717, 1.165) is 22.6 Å². The Hall–Kier alpha value is -2.54. The second kappa shape index (κ2) is 7.37. The quantitative estimate of drug-likeness (QED) is 0.808. The van der Waals surface area contributed by atoms with Gasteiger partial charge in [0, 0.05) is 11.4 Å². The summed E-state index contributed by atoms with van der Waals surface area (Å²) in [6.07, 6.45) is 1.33. The third-order valence-electron chi connectivity index (χ3n) is 4.65. The second-order valence-corrected chi connectivity index (χ2v) is 7.38. The average Bonchev–Trinajstić information content (AvgIpc) is 3.20. The Kier molecular flexibility index (Phi) is 4.79. The van der Waals surface area contributed by atoms with Crippen molar-refractivity contribution < 1.29 is 19.1 Å². The van der Waals surface area contributed by atoms with Crippen molar-refractivity contribution in [2.75, 3.05) is 13.2 Å². The lowest BCUT2D eigenvalue weighted by atomic mass is 9.92. The van der Waals surface area contributed by atoms with Gasteiger partial charge in [0.2, 0.25) is 11.8 Å². The largest absolute Gasteiger partial charge is 0.486 e. The van der Waals surface area contributed by atoms with E-state index < -0.39 is 5.92 Å². The highest BCUT2D eigenvalue weighted by molar-refractivity contribution is 7.10. The van der Waals surface area contributed by atoms with Gasteiger partial charge in [0.1, 0.15) is 19.1 Å². The highest BCUT2D eigenvalue weighted by Crippen LogP contribution is 2.31. The summed E-state index contributed by atoms with van der Waals surface area (Å²) in [6, 6.07) is 9.60. The van der Waals surface area contributed by atoms with E-state index in [1.807, 2.05) is 35.7 Å². The summed E-state index contributed by atoms with van der Waals surface area (Å²) in [6.45, 7) is 1.43. The average molecular weight is 372 g/mol. The maximum absolute atomic E-state index is 12.4. The molecular formula is C19H20N2O4S. The summed E-state index contributed by atoms with van der Waals surface area (Å²) in [4.78, 5) is 25.9. The number of rotatable bonds is 4. The molecule has 1 saturated heterocycles. The Morgan fingerprint density at radius 2 is 2.04 bits per heavy atom. The molecule has 7 heteroatoms. The van der Waals surface area contributed by atoms with Gasteiger partial charge in [-0.15, -0.1) is 11.3 Å². The fourth-order valence-corrected chi connectivity index (χ4v) is 4.08. The summed E-state index contributed by atoms with van der Waals surface area (Å²) in [7, 11) is 0. The lowest BCUT2D eigenvalue weighted by Crippen LogP contribution is -2.46. The highest BCUT2D eigenvalue weighted by atomic mass is 32.1. The van der Waals surface area contributed by atoms with Crippen LogP contribution in [0.1, 0.15) is 29.3 Å². The van der Waals surface area contributed by atoms with Gasteiger partial charge in [-0.2, -0.15) is 0 Å². The number of carbonyl (C=O) groups is 2. The van der Waals surface area contributed by atoms with Crippen molar-refractivity contribution in [2.45, 2.75) is 25.4 Å². The molecule has 1 aromatic carbocycles. The number of hydrogen-bond donors (Lipinski definition) is 2. The van der Waals surface area contributed by atoms with Gasteiger partial charge in [-0.05, 0) is 42.0 Å². The first-order valence-electron chi connectivity index (χ1n) is 8.71.